The van der Waals surface area contributed by atoms with E-state index in [1.54, 1.807) is 18.2 Å². The Balaban J connectivity index is 1.38. The van der Waals surface area contributed by atoms with E-state index in [9.17, 15) is 39.3 Å². The molecule has 5 rings (SSSR count). The molecule has 1 saturated heterocycles. The topological polar surface area (TPSA) is 217 Å². The highest BCUT2D eigenvalue weighted by molar-refractivity contribution is 8.01. The number of β-lactam (4-membered cyclic amide) rings is 1. The maximum Gasteiger partial charge on any atom is 0.364 e. The predicted molar refractivity (Wildman–Crippen MR) is 148 cm³/mol. The molecule has 17 heteroatoms. The number of carbonyl (C=O) groups excluding carboxylic acids is 2. The van der Waals surface area contributed by atoms with Gasteiger partial charge in [0.05, 0.1) is 7.11 Å². The number of carboxylic acids is 2. The van der Waals surface area contributed by atoms with Gasteiger partial charge in [-0.15, -0.1) is 11.8 Å². The van der Waals surface area contributed by atoms with E-state index in [2.05, 4.69) is 20.6 Å². The van der Waals surface area contributed by atoms with Gasteiger partial charge in [0.1, 0.15) is 27.9 Å². The number of carbonyl (C=O) groups is 4. The number of aromatic amines is 1. The summed E-state index contributed by atoms with van der Waals surface area (Å²) in [6.07, 6.45) is -1.83. The molecule has 2 aliphatic rings. The zero-order chi connectivity index (χ0) is 30.1. The number of H-pyrrole nitrogens is 1. The molecule has 0 aliphatic carbocycles. The summed E-state index contributed by atoms with van der Waals surface area (Å²) in [5.74, 6) is -3.33. The van der Waals surface area contributed by atoms with Crippen molar-refractivity contribution < 1.29 is 39.2 Å². The number of hydrogen-bond acceptors (Lipinski definition) is 11. The van der Waals surface area contributed by atoms with E-state index in [0.29, 0.717) is 16.3 Å². The number of hydrogen-bond donors (Lipinski definition) is 5. The number of carboxylic acid groups (broad SMARTS) is 2. The van der Waals surface area contributed by atoms with Gasteiger partial charge in [-0.25, -0.2) is 14.7 Å². The number of nitrogens with zero attached hydrogens (tertiary/aromatic N) is 4. The molecule has 2 aromatic heterocycles. The van der Waals surface area contributed by atoms with Gasteiger partial charge >= 0.3 is 17.6 Å². The van der Waals surface area contributed by atoms with Gasteiger partial charge in [-0.3, -0.25) is 19.3 Å². The summed E-state index contributed by atoms with van der Waals surface area (Å²) in [5, 5.41) is 41.6. The molecular formula is C25H24N6O9S2. The Bertz CT molecular complexity index is 1650. The largest absolute Gasteiger partial charge is 0.497 e. The van der Waals surface area contributed by atoms with Crippen LogP contribution in [0.2, 0.25) is 0 Å². The molecule has 2 amide bonds. The molecule has 5 N–H and O–H groups in total. The number of aromatic nitrogens is 4. The van der Waals surface area contributed by atoms with E-state index in [4.69, 9.17) is 4.74 Å². The van der Waals surface area contributed by atoms with Gasteiger partial charge in [0, 0.05) is 17.4 Å². The van der Waals surface area contributed by atoms with Crippen LogP contribution in [0.1, 0.15) is 24.5 Å². The number of aliphatic hydroxyl groups is 1. The highest BCUT2D eigenvalue weighted by Gasteiger charge is 2.55. The number of aliphatic hydroxyl groups excluding tert-OH is 1. The van der Waals surface area contributed by atoms with Crippen LogP contribution in [0.4, 0.5) is 0 Å². The molecule has 2 aliphatic heterocycles. The molecule has 2 unspecified atom stereocenters. The minimum Gasteiger partial charge on any atom is -0.497 e. The van der Waals surface area contributed by atoms with Crippen molar-refractivity contribution in [3.8, 4) is 5.75 Å². The second-order valence-electron chi connectivity index (χ2n) is 9.26. The van der Waals surface area contributed by atoms with E-state index < -0.39 is 52.2 Å². The first-order valence-corrected chi connectivity index (χ1v) is 14.4. The number of thioether (sulfide) groups is 2. The van der Waals surface area contributed by atoms with Gasteiger partial charge in [-0.05, 0) is 41.8 Å². The number of rotatable bonds is 11. The summed E-state index contributed by atoms with van der Waals surface area (Å²) < 4.78 is 6.10. The highest BCUT2D eigenvalue weighted by atomic mass is 32.2. The standard InChI is InChI=1S/C25H24N6O9S2/c1-40-12-4-2-11(3-5-12)20(34)21(35)26-18-22(36)30-19(24(37)38)13(10-41-23(18)30)14(6-9-17(32)33)42-16-8-7-15-27-28-25(39)31(15)29-16/h2-5,7-8,14,18,20,23,34H,6,9-10H2,1H3,(H,26,35)(H,28,39)(H,32,33)(H,37,38)/t14?,18?,20-,23-/m1/s1. The molecule has 15 nitrogen and oxygen atoms in total. The Morgan fingerprint density at radius 2 is 1.93 bits per heavy atom. The van der Waals surface area contributed by atoms with Crippen molar-refractivity contribution in [2.45, 2.75) is 40.6 Å². The first-order valence-electron chi connectivity index (χ1n) is 12.5. The normalized spacial score (nSPS) is 19.6. The summed E-state index contributed by atoms with van der Waals surface area (Å²) in [5.41, 5.74) is -0.0108. The SMILES string of the molecule is COc1ccc([C@@H](O)C(=O)NC2C(=O)N3C(C(=O)O)=C(C(CCC(=O)O)Sc4ccc5n[nH]c(=O)n5n4)CS[C@H]23)cc1. The van der Waals surface area contributed by atoms with Gasteiger partial charge in [-0.2, -0.15) is 14.7 Å². The van der Waals surface area contributed by atoms with E-state index in [1.807, 2.05) is 0 Å². The molecule has 42 heavy (non-hydrogen) atoms. The summed E-state index contributed by atoms with van der Waals surface area (Å²) in [6.45, 7) is 0. The number of nitrogens with one attached hydrogen (secondary N) is 2. The van der Waals surface area contributed by atoms with Crippen LogP contribution in [-0.2, 0) is 19.2 Å². The lowest BCUT2D eigenvalue weighted by Gasteiger charge is -2.50. The van der Waals surface area contributed by atoms with Gasteiger partial charge in [0.2, 0.25) is 0 Å². The molecular weight excluding hydrogens is 592 g/mol. The van der Waals surface area contributed by atoms with Crippen molar-refractivity contribution in [1.82, 2.24) is 30.0 Å². The quantitative estimate of drug-likeness (QED) is 0.144. The summed E-state index contributed by atoms with van der Waals surface area (Å²) in [6, 6.07) is 8.20. The molecule has 4 atom stereocenters. The van der Waals surface area contributed by atoms with E-state index in [-0.39, 0.29) is 35.5 Å². The van der Waals surface area contributed by atoms with Crippen molar-refractivity contribution in [3.63, 3.8) is 0 Å². The van der Waals surface area contributed by atoms with Crippen molar-refractivity contribution in [2.75, 3.05) is 12.9 Å². The Morgan fingerprint density at radius 1 is 1.19 bits per heavy atom. The Morgan fingerprint density at radius 3 is 2.60 bits per heavy atom. The number of ether oxygens (including phenoxy) is 1. The maximum atomic E-state index is 13.2. The molecule has 220 valence electrons. The minimum absolute atomic E-state index is 0.0214. The van der Waals surface area contributed by atoms with Crippen molar-refractivity contribution in [2.24, 2.45) is 0 Å². The average Bonchev–Trinajstić information content (AvgIpc) is 3.36. The lowest BCUT2D eigenvalue weighted by Crippen LogP contribution is -2.71. The van der Waals surface area contributed by atoms with Crippen LogP contribution < -0.4 is 15.7 Å². The molecule has 1 aromatic carbocycles. The summed E-state index contributed by atoms with van der Waals surface area (Å²) >= 11 is 2.28. The number of amides is 2. The van der Waals surface area contributed by atoms with Gasteiger partial charge in [0.25, 0.3) is 11.8 Å². The van der Waals surface area contributed by atoms with E-state index in [1.165, 1.54) is 37.1 Å². The van der Waals surface area contributed by atoms with Crippen molar-refractivity contribution in [3.05, 3.63) is 63.7 Å². The first kappa shape index (κ1) is 29.2. The molecule has 0 bridgehead atoms. The molecule has 3 aromatic rings. The Labute approximate surface area is 244 Å². The molecule has 0 saturated carbocycles. The van der Waals surface area contributed by atoms with Gasteiger partial charge in [0.15, 0.2) is 11.8 Å². The van der Waals surface area contributed by atoms with Crippen LogP contribution in [0.15, 0.2) is 57.5 Å². The first-order chi connectivity index (χ1) is 20.1. The fraction of sp³-hybridized carbons (Fsp3) is 0.320. The average molecular weight is 617 g/mol. The van der Waals surface area contributed by atoms with E-state index >= 15 is 0 Å². The zero-order valence-corrected chi connectivity index (χ0v) is 23.4. The monoisotopic (exact) mass is 616 g/mol. The molecule has 0 spiro atoms. The second kappa shape index (κ2) is 11.9. The van der Waals surface area contributed by atoms with Crippen LogP contribution in [0.3, 0.4) is 0 Å². The van der Waals surface area contributed by atoms with Crippen LogP contribution in [0, 0.1) is 0 Å². The molecule has 4 heterocycles. The number of methoxy groups -OCH3 is 1. The fourth-order valence-electron chi connectivity index (χ4n) is 4.61. The predicted octanol–water partition coefficient (Wildman–Crippen LogP) is 0.224. The number of fused-ring (bicyclic) bond motifs is 2. The summed E-state index contributed by atoms with van der Waals surface area (Å²) in [7, 11) is 1.48. The van der Waals surface area contributed by atoms with E-state index in [0.717, 1.165) is 21.2 Å². The van der Waals surface area contributed by atoms with Crippen LogP contribution in [0.5, 0.6) is 5.75 Å². The maximum absolute atomic E-state index is 13.2. The Kier molecular flexibility index (Phi) is 8.24. The van der Waals surface area contributed by atoms with Crippen LogP contribution in [-0.4, -0.2) is 93.3 Å². The molecule has 1 fully saturated rings. The lowest BCUT2D eigenvalue weighted by molar-refractivity contribution is -0.151. The summed E-state index contributed by atoms with van der Waals surface area (Å²) in [4.78, 5) is 62.8. The number of benzene rings is 1. The Hall–Kier alpha value is -4.35. The fourth-order valence-corrected chi connectivity index (χ4v) is 7.28. The zero-order valence-electron chi connectivity index (χ0n) is 21.8. The minimum atomic E-state index is -1.57. The third-order valence-corrected chi connectivity index (χ3v) is 9.27. The smallest absolute Gasteiger partial charge is 0.364 e. The lowest BCUT2D eigenvalue weighted by atomic mass is 9.99. The van der Waals surface area contributed by atoms with Crippen LogP contribution >= 0.6 is 23.5 Å². The van der Waals surface area contributed by atoms with Gasteiger partial charge < -0.3 is 25.4 Å². The second-order valence-corrected chi connectivity index (χ2v) is 11.6. The van der Waals surface area contributed by atoms with Gasteiger partial charge in [-0.1, -0.05) is 23.9 Å². The molecule has 0 radical (unpaired) electrons. The van der Waals surface area contributed by atoms with Crippen molar-refractivity contribution >= 4 is 52.9 Å². The van der Waals surface area contributed by atoms with Crippen molar-refractivity contribution in [1.29, 1.82) is 0 Å². The third kappa shape index (κ3) is 5.57. The van der Waals surface area contributed by atoms with Crippen LogP contribution in [0.25, 0.3) is 5.65 Å². The number of aliphatic carboxylic acids is 2. The third-order valence-electron chi connectivity index (χ3n) is 6.70. The highest BCUT2D eigenvalue weighted by Crippen LogP contribution is 2.44.